The van der Waals surface area contributed by atoms with Crippen molar-refractivity contribution in [2.24, 2.45) is 4.99 Å². The van der Waals surface area contributed by atoms with Crippen molar-refractivity contribution in [3.05, 3.63) is 42.5 Å². The topological polar surface area (TPSA) is 67.6 Å². The maximum absolute atomic E-state index is 5.26. The first-order chi connectivity index (χ1) is 13.3. The first-order valence-corrected chi connectivity index (χ1v) is 9.79. The van der Waals surface area contributed by atoms with Crippen LogP contribution in [0.2, 0.25) is 0 Å². The summed E-state index contributed by atoms with van der Waals surface area (Å²) >= 11 is 0. The van der Waals surface area contributed by atoms with Gasteiger partial charge in [-0.2, -0.15) is 0 Å². The van der Waals surface area contributed by atoms with Crippen molar-refractivity contribution in [2.75, 3.05) is 33.3 Å². The van der Waals surface area contributed by atoms with Gasteiger partial charge in [-0.25, -0.2) is 0 Å². The Labute approximate surface area is 184 Å². The average Bonchev–Trinajstić information content (AvgIpc) is 3.39. The molecule has 1 fully saturated rings. The Bertz CT molecular complexity index is 704. The molecule has 7 nitrogen and oxygen atoms in total. The van der Waals surface area contributed by atoms with Crippen LogP contribution in [-0.2, 0) is 6.54 Å². The number of halogens is 1. The number of hydrogen-bond donors (Lipinski definition) is 1. The highest BCUT2D eigenvalue weighted by Crippen LogP contribution is 2.28. The van der Waals surface area contributed by atoms with Crippen molar-refractivity contribution in [2.45, 2.75) is 38.6 Å². The Balaban J connectivity index is 0.00000280. The Morgan fingerprint density at radius 3 is 2.64 bits per heavy atom. The first kappa shape index (κ1) is 22.4. The highest BCUT2D eigenvalue weighted by atomic mass is 127. The summed E-state index contributed by atoms with van der Waals surface area (Å²) in [5, 5.41) is 11.1. The van der Waals surface area contributed by atoms with E-state index in [1.807, 2.05) is 16.7 Å². The normalized spacial score (nSPS) is 16.7. The van der Waals surface area contributed by atoms with Crippen molar-refractivity contribution in [3.63, 3.8) is 0 Å². The van der Waals surface area contributed by atoms with E-state index in [9.17, 15) is 0 Å². The van der Waals surface area contributed by atoms with E-state index in [0.29, 0.717) is 5.92 Å². The monoisotopic (exact) mass is 498 g/mol. The molecule has 154 valence electrons. The predicted octanol–water partition coefficient (Wildman–Crippen LogP) is 3.14. The smallest absolute Gasteiger partial charge is 0.193 e. The summed E-state index contributed by atoms with van der Waals surface area (Å²) in [6, 6.07) is 8.46. The fraction of sp³-hybridized carbons (Fsp3) is 0.550. The summed E-state index contributed by atoms with van der Waals surface area (Å²) in [6.07, 6.45) is 6.82. The SMILES string of the molecule is CCNC(=NCCCCn1cnnc1)N1CCC(c2ccc(OC)cc2)C1.I. The minimum absolute atomic E-state index is 0. The quantitative estimate of drug-likeness (QED) is 0.262. The number of methoxy groups -OCH3 is 1. The molecular weight excluding hydrogens is 467 g/mol. The van der Waals surface area contributed by atoms with Crippen molar-refractivity contribution in [1.82, 2.24) is 25.0 Å². The summed E-state index contributed by atoms with van der Waals surface area (Å²) in [4.78, 5) is 7.23. The fourth-order valence-corrected chi connectivity index (χ4v) is 3.46. The van der Waals surface area contributed by atoms with Gasteiger partial charge >= 0.3 is 0 Å². The molecule has 1 unspecified atom stereocenters. The molecule has 0 bridgehead atoms. The molecule has 28 heavy (non-hydrogen) atoms. The second kappa shape index (κ2) is 11.9. The molecule has 8 heteroatoms. The van der Waals surface area contributed by atoms with Crippen LogP contribution in [0.15, 0.2) is 41.9 Å². The van der Waals surface area contributed by atoms with Crippen LogP contribution in [-0.4, -0.2) is 58.9 Å². The van der Waals surface area contributed by atoms with Gasteiger partial charge in [-0.05, 0) is 43.9 Å². The number of hydrogen-bond acceptors (Lipinski definition) is 4. The Kier molecular flexibility index (Phi) is 9.52. The Morgan fingerprint density at radius 2 is 1.96 bits per heavy atom. The maximum atomic E-state index is 5.26. The van der Waals surface area contributed by atoms with Crippen LogP contribution in [0, 0.1) is 0 Å². The lowest BCUT2D eigenvalue weighted by Crippen LogP contribution is -2.40. The van der Waals surface area contributed by atoms with Crippen molar-refractivity contribution < 1.29 is 4.74 Å². The number of nitrogens with zero attached hydrogens (tertiary/aromatic N) is 5. The highest BCUT2D eigenvalue weighted by molar-refractivity contribution is 14.0. The molecule has 2 heterocycles. The predicted molar refractivity (Wildman–Crippen MR) is 123 cm³/mol. The molecule has 0 amide bonds. The number of ether oxygens (including phenoxy) is 1. The van der Waals surface area contributed by atoms with Gasteiger partial charge in [0.15, 0.2) is 5.96 Å². The van der Waals surface area contributed by atoms with Gasteiger partial charge < -0.3 is 19.5 Å². The molecule has 1 aliphatic heterocycles. The standard InChI is InChI=1S/C20H30N6O.HI/c1-3-21-20(22-11-4-5-12-25-15-23-24-16-25)26-13-10-18(14-26)17-6-8-19(27-2)9-7-17;/h6-9,15-16,18H,3-5,10-14H2,1-2H3,(H,21,22);1H. The van der Waals surface area contributed by atoms with Crippen LogP contribution in [0.25, 0.3) is 0 Å². The van der Waals surface area contributed by atoms with Gasteiger partial charge in [-0.3, -0.25) is 4.99 Å². The third kappa shape index (κ3) is 6.35. The number of guanidine groups is 1. The van der Waals surface area contributed by atoms with Crippen molar-refractivity contribution in [1.29, 1.82) is 0 Å². The number of unbranched alkanes of at least 4 members (excludes halogenated alkanes) is 1. The molecule has 2 aromatic rings. The number of aliphatic imine (C=N–C) groups is 1. The van der Waals surface area contributed by atoms with Gasteiger partial charge in [0.1, 0.15) is 18.4 Å². The molecular formula is C20H31IN6O. The lowest BCUT2D eigenvalue weighted by atomic mass is 9.98. The van der Waals surface area contributed by atoms with E-state index in [-0.39, 0.29) is 24.0 Å². The summed E-state index contributed by atoms with van der Waals surface area (Å²) in [5.74, 6) is 2.50. The van der Waals surface area contributed by atoms with E-state index in [2.05, 4.69) is 39.5 Å². The molecule has 1 aromatic heterocycles. The van der Waals surface area contributed by atoms with E-state index >= 15 is 0 Å². The third-order valence-corrected chi connectivity index (χ3v) is 4.96. The number of nitrogens with one attached hydrogen (secondary N) is 1. The molecule has 1 saturated heterocycles. The van der Waals surface area contributed by atoms with Gasteiger partial charge in [-0.15, -0.1) is 34.2 Å². The average molecular weight is 498 g/mol. The van der Waals surface area contributed by atoms with Crippen molar-refractivity contribution in [3.8, 4) is 5.75 Å². The second-order valence-corrected chi connectivity index (χ2v) is 6.85. The number of rotatable bonds is 8. The number of aryl methyl sites for hydroxylation is 1. The maximum Gasteiger partial charge on any atom is 0.193 e. The summed E-state index contributed by atoms with van der Waals surface area (Å²) in [5.41, 5.74) is 1.38. The van der Waals surface area contributed by atoms with Crippen LogP contribution in [0.3, 0.4) is 0 Å². The summed E-state index contributed by atoms with van der Waals surface area (Å²) in [6.45, 7) is 6.86. The van der Waals surface area contributed by atoms with E-state index in [4.69, 9.17) is 9.73 Å². The highest BCUT2D eigenvalue weighted by Gasteiger charge is 2.26. The molecule has 1 N–H and O–H groups in total. The van der Waals surface area contributed by atoms with E-state index in [1.54, 1.807) is 19.8 Å². The fourth-order valence-electron chi connectivity index (χ4n) is 3.46. The van der Waals surface area contributed by atoms with Crippen LogP contribution >= 0.6 is 24.0 Å². The molecule has 1 aliphatic rings. The molecule has 1 aromatic carbocycles. The van der Waals surface area contributed by atoms with Gasteiger partial charge in [-0.1, -0.05) is 12.1 Å². The van der Waals surface area contributed by atoms with E-state index < -0.39 is 0 Å². The minimum Gasteiger partial charge on any atom is -0.497 e. The molecule has 3 rings (SSSR count). The van der Waals surface area contributed by atoms with Gasteiger partial charge in [0.2, 0.25) is 0 Å². The van der Waals surface area contributed by atoms with E-state index in [1.165, 1.54) is 5.56 Å². The zero-order valence-electron chi connectivity index (χ0n) is 16.8. The lowest BCUT2D eigenvalue weighted by Gasteiger charge is -2.22. The van der Waals surface area contributed by atoms with Crippen molar-refractivity contribution >= 4 is 29.9 Å². The van der Waals surface area contributed by atoms with Gasteiger partial charge in [0.05, 0.1) is 7.11 Å². The van der Waals surface area contributed by atoms with Crippen LogP contribution in [0.4, 0.5) is 0 Å². The molecule has 0 saturated carbocycles. The summed E-state index contributed by atoms with van der Waals surface area (Å²) in [7, 11) is 1.71. The van der Waals surface area contributed by atoms with Gasteiger partial charge in [0.25, 0.3) is 0 Å². The van der Waals surface area contributed by atoms with Crippen LogP contribution in [0.1, 0.15) is 37.7 Å². The Morgan fingerprint density at radius 1 is 1.21 bits per heavy atom. The number of likely N-dealkylation sites (tertiary alicyclic amines) is 1. The summed E-state index contributed by atoms with van der Waals surface area (Å²) < 4.78 is 7.27. The molecule has 0 aliphatic carbocycles. The Hall–Kier alpha value is -1.84. The lowest BCUT2D eigenvalue weighted by molar-refractivity contribution is 0.414. The molecule has 0 spiro atoms. The second-order valence-electron chi connectivity index (χ2n) is 6.85. The molecule has 1 atom stereocenters. The van der Waals surface area contributed by atoms with E-state index in [0.717, 1.165) is 63.7 Å². The zero-order valence-corrected chi connectivity index (χ0v) is 19.1. The first-order valence-electron chi connectivity index (χ1n) is 9.79. The number of aromatic nitrogens is 3. The van der Waals surface area contributed by atoms with Crippen LogP contribution < -0.4 is 10.1 Å². The molecule has 0 radical (unpaired) electrons. The minimum atomic E-state index is 0. The number of benzene rings is 1. The van der Waals surface area contributed by atoms with Gasteiger partial charge in [0, 0.05) is 38.6 Å². The van der Waals surface area contributed by atoms with Crippen LogP contribution in [0.5, 0.6) is 5.75 Å². The largest absolute Gasteiger partial charge is 0.497 e. The zero-order chi connectivity index (χ0) is 18.9. The third-order valence-electron chi connectivity index (χ3n) is 4.96.